The minimum Gasteiger partial charge on any atom is -0.497 e. The fourth-order valence-electron chi connectivity index (χ4n) is 4.02. The summed E-state index contributed by atoms with van der Waals surface area (Å²) in [6.45, 7) is 3.89. The Labute approximate surface area is 165 Å². The maximum atomic E-state index is 13.0. The number of likely N-dealkylation sites (N-methyl/N-ethyl adjacent to an activating group) is 1. The van der Waals surface area contributed by atoms with Crippen molar-refractivity contribution in [3.8, 4) is 5.75 Å². The molecule has 0 bridgehead atoms. The summed E-state index contributed by atoms with van der Waals surface area (Å²) in [4.78, 5) is 36.9. The monoisotopic (exact) mass is 384 g/mol. The highest BCUT2D eigenvalue weighted by Crippen LogP contribution is 2.32. The van der Waals surface area contributed by atoms with Crippen LogP contribution in [0.5, 0.6) is 5.75 Å². The molecule has 2 fully saturated rings. The number of benzene rings is 1. The fourth-order valence-corrected chi connectivity index (χ4v) is 4.02. The molecule has 0 radical (unpaired) electrons. The lowest BCUT2D eigenvalue weighted by Gasteiger charge is -2.34. The Kier molecular flexibility index (Phi) is 5.24. The maximum absolute atomic E-state index is 13.0. The van der Waals surface area contributed by atoms with Crippen molar-refractivity contribution in [2.24, 2.45) is 5.92 Å². The second-order valence-electron chi connectivity index (χ2n) is 7.75. The van der Waals surface area contributed by atoms with Crippen molar-refractivity contribution in [1.82, 2.24) is 19.8 Å². The summed E-state index contributed by atoms with van der Waals surface area (Å²) < 4.78 is 5.25. The number of imidazole rings is 1. The van der Waals surface area contributed by atoms with Gasteiger partial charge in [-0.3, -0.25) is 9.59 Å². The molecule has 0 spiro atoms. The Morgan fingerprint density at radius 3 is 2.89 bits per heavy atom. The van der Waals surface area contributed by atoms with E-state index in [-0.39, 0.29) is 17.7 Å². The quantitative estimate of drug-likeness (QED) is 0.795. The van der Waals surface area contributed by atoms with Gasteiger partial charge in [0, 0.05) is 44.6 Å². The molecule has 150 valence electrons. The zero-order valence-electron chi connectivity index (χ0n) is 16.6. The van der Waals surface area contributed by atoms with Crippen LogP contribution in [0.4, 0.5) is 0 Å². The average Bonchev–Trinajstić information content (AvgIpc) is 3.47. The molecular weight excluding hydrogens is 356 g/mol. The first-order valence-corrected chi connectivity index (χ1v) is 10.2. The molecule has 7 heteroatoms. The molecule has 1 atom stereocenters. The second kappa shape index (κ2) is 7.81. The average molecular weight is 384 g/mol. The third-order valence-electron chi connectivity index (χ3n) is 5.83. The summed E-state index contributed by atoms with van der Waals surface area (Å²) in [6.07, 6.45) is 4.01. The highest BCUT2D eigenvalue weighted by molar-refractivity contribution is 5.84. The molecule has 1 saturated heterocycles. The van der Waals surface area contributed by atoms with Crippen molar-refractivity contribution in [1.29, 1.82) is 0 Å². The van der Waals surface area contributed by atoms with Crippen LogP contribution in [0.15, 0.2) is 18.2 Å². The normalized spacial score (nSPS) is 19.9. The van der Waals surface area contributed by atoms with Gasteiger partial charge in [-0.2, -0.15) is 0 Å². The number of nitrogens with one attached hydrogen (secondary N) is 1. The number of ether oxygens (including phenoxy) is 1. The highest BCUT2D eigenvalue weighted by atomic mass is 16.5. The van der Waals surface area contributed by atoms with Crippen LogP contribution in [-0.4, -0.2) is 64.4 Å². The summed E-state index contributed by atoms with van der Waals surface area (Å²) in [5, 5.41) is 0. The van der Waals surface area contributed by atoms with Crippen LogP contribution in [0, 0.1) is 5.92 Å². The van der Waals surface area contributed by atoms with E-state index in [9.17, 15) is 9.59 Å². The van der Waals surface area contributed by atoms with Crippen LogP contribution in [0.25, 0.3) is 11.0 Å². The van der Waals surface area contributed by atoms with Crippen LogP contribution in [0.3, 0.4) is 0 Å². The van der Waals surface area contributed by atoms with Crippen molar-refractivity contribution >= 4 is 22.8 Å². The van der Waals surface area contributed by atoms with E-state index in [0.29, 0.717) is 44.9 Å². The Hall–Kier alpha value is -2.57. The van der Waals surface area contributed by atoms with E-state index in [2.05, 4.69) is 9.97 Å². The second-order valence-corrected chi connectivity index (χ2v) is 7.75. The minimum atomic E-state index is -0.0711. The highest BCUT2D eigenvalue weighted by Gasteiger charge is 2.39. The Bertz CT molecular complexity index is 874. The van der Waals surface area contributed by atoms with Gasteiger partial charge in [-0.1, -0.05) is 0 Å². The van der Waals surface area contributed by atoms with Crippen LogP contribution < -0.4 is 4.74 Å². The number of aromatic nitrogens is 2. The number of fused-ring (bicyclic) bond motifs is 1. The lowest BCUT2D eigenvalue weighted by Crippen LogP contribution is -2.48. The number of H-pyrrole nitrogens is 1. The van der Waals surface area contributed by atoms with Crippen molar-refractivity contribution in [3.63, 3.8) is 0 Å². The Morgan fingerprint density at radius 1 is 1.36 bits per heavy atom. The first-order valence-electron chi connectivity index (χ1n) is 10.2. The summed E-state index contributed by atoms with van der Waals surface area (Å²) in [5.41, 5.74) is 1.84. The number of methoxy groups -OCH3 is 1. The SMILES string of the molecule is CCN(CCc1nc2ccc(OC)cc2[nH]1)C(=O)[C@H]1CCC(=O)N(C2CC2)C1. The first kappa shape index (κ1) is 18.8. The predicted molar refractivity (Wildman–Crippen MR) is 106 cm³/mol. The first-order chi connectivity index (χ1) is 13.6. The van der Waals surface area contributed by atoms with Gasteiger partial charge in [0.15, 0.2) is 0 Å². The van der Waals surface area contributed by atoms with Crippen LogP contribution >= 0.6 is 0 Å². The van der Waals surface area contributed by atoms with Gasteiger partial charge in [0.2, 0.25) is 11.8 Å². The van der Waals surface area contributed by atoms with Crippen molar-refractivity contribution in [2.75, 3.05) is 26.7 Å². The molecule has 1 aliphatic heterocycles. The lowest BCUT2D eigenvalue weighted by molar-refractivity contribution is -0.143. The van der Waals surface area contributed by atoms with Gasteiger partial charge in [-0.05, 0) is 38.3 Å². The zero-order chi connectivity index (χ0) is 19.7. The molecule has 7 nitrogen and oxygen atoms in total. The predicted octanol–water partition coefficient (Wildman–Crippen LogP) is 2.36. The molecule has 2 heterocycles. The number of carbonyl (C=O) groups excluding carboxylic acids is 2. The standard InChI is InChI=1S/C21H28N4O3/c1-3-24(21(27)14-4-9-20(26)25(13-14)15-5-6-15)11-10-19-22-17-8-7-16(28-2)12-18(17)23-19/h7-8,12,14-15H,3-6,9-11,13H2,1-2H3,(H,22,23)/t14-/m0/s1. The molecule has 1 saturated carbocycles. The van der Waals surface area contributed by atoms with Gasteiger partial charge in [0.05, 0.1) is 24.1 Å². The van der Waals surface area contributed by atoms with E-state index >= 15 is 0 Å². The molecule has 1 N–H and O–H groups in total. The molecule has 4 rings (SSSR count). The van der Waals surface area contributed by atoms with Crippen LogP contribution in [0.1, 0.15) is 38.4 Å². The molecule has 1 aliphatic carbocycles. The number of hydrogen-bond acceptors (Lipinski definition) is 4. The molecule has 0 unspecified atom stereocenters. The minimum absolute atomic E-state index is 0.0711. The van der Waals surface area contributed by atoms with E-state index < -0.39 is 0 Å². The van der Waals surface area contributed by atoms with E-state index in [4.69, 9.17) is 4.74 Å². The lowest BCUT2D eigenvalue weighted by atomic mass is 9.95. The van der Waals surface area contributed by atoms with Crippen molar-refractivity contribution in [2.45, 2.75) is 45.1 Å². The Balaban J connectivity index is 1.38. The number of piperidine rings is 1. The van der Waals surface area contributed by atoms with E-state index in [0.717, 1.165) is 35.4 Å². The molecular formula is C21H28N4O3. The van der Waals surface area contributed by atoms with Gasteiger partial charge in [0.1, 0.15) is 11.6 Å². The number of carbonyl (C=O) groups is 2. The van der Waals surface area contributed by atoms with Gasteiger partial charge in [-0.15, -0.1) is 0 Å². The smallest absolute Gasteiger partial charge is 0.227 e. The summed E-state index contributed by atoms with van der Waals surface area (Å²) in [5.74, 6) is 1.97. The fraction of sp³-hybridized carbons (Fsp3) is 0.571. The van der Waals surface area contributed by atoms with Crippen LogP contribution in [-0.2, 0) is 16.0 Å². The van der Waals surface area contributed by atoms with E-state index in [1.807, 2.05) is 34.9 Å². The van der Waals surface area contributed by atoms with E-state index in [1.54, 1.807) is 7.11 Å². The van der Waals surface area contributed by atoms with E-state index in [1.165, 1.54) is 0 Å². The molecule has 2 aliphatic rings. The third-order valence-corrected chi connectivity index (χ3v) is 5.83. The number of amides is 2. The van der Waals surface area contributed by atoms with Crippen molar-refractivity contribution < 1.29 is 14.3 Å². The summed E-state index contributed by atoms with van der Waals surface area (Å²) >= 11 is 0. The number of aromatic amines is 1. The maximum Gasteiger partial charge on any atom is 0.227 e. The topological polar surface area (TPSA) is 78.5 Å². The number of hydrogen-bond donors (Lipinski definition) is 1. The van der Waals surface area contributed by atoms with Gasteiger partial charge in [-0.25, -0.2) is 4.98 Å². The van der Waals surface area contributed by atoms with Crippen LogP contribution in [0.2, 0.25) is 0 Å². The number of rotatable bonds is 7. The largest absolute Gasteiger partial charge is 0.497 e. The van der Waals surface area contributed by atoms with Gasteiger partial charge < -0.3 is 19.5 Å². The van der Waals surface area contributed by atoms with Gasteiger partial charge in [0.25, 0.3) is 0 Å². The third kappa shape index (κ3) is 3.84. The summed E-state index contributed by atoms with van der Waals surface area (Å²) in [7, 11) is 1.65. The van der Waals surface area contributed by atoms with Gasteiger partial charge >= 0.3 is 0 Å². The number of likely N-dealkylation sites (tertiary alicyclic amines) is 1. The Morgan fingerprint density at radius 2 is 2.18 bits per heavy atom. The summed E-state index contributed by atoms with van der Waals surface area (Å²) in [6, 6.07) is 6.14. The van der Waals surface area contributed by atoms with Crippen molar-refractivity contribution in [3.05, 3.63) is 24.0 Å². The molecule has 2 amide bonds. The number of nitrogens with zero attached hydrogens (tertiary/aromatic N) is 3. The zero-order valence-corrected chi connectivity index (χ0v) is 16.6. The molecule has 28 heavy (non-hydrogen) atoms. The molecule has 2 aromatic rings. The molecule has 1 aromatic carbocycles. The molecule has 1 aromatic heterocycles.